The highest BCUT2D eigenvalue weighted by Crippen LogP contribution is 2.20. The number of amides is 1. The van der Waals surface area contributed by atoms with Gasteiger partial charge in [0, 0.05) is 23.5 Å². The number of nitrogens with two attached hydrogens (primary N) is 1. The van der Waals surface area contributed by atoms with Gasteiger partial charge in [0.15, 0.2) is 0 Å². The molecule has 0 radical (unpaired) electrons. The van der Waals surface area contributed by atoms with E-state index in [1.807, 2.05) is 26.0 Å². The van der Waals surface area contributed by atoms with Gasteiger partial charge in [-0.05, 0) is 45.4 Å². The minimum Gasteiger partial charge on any atom is -0.399 e. The molecule has 4 N–H and O–H groups in total. The van der Waals surface area contributed by atoms with Crippen molar-refractivity contribution in [1.29, 1.82) is 0 Å². The van der Waals surface area contributed by atoms with Crippen LogP contribution < -0.4 is 16.4 Å². The quantitative estimate of drug-likeness (QED) is 0.691. The van der Waals surface area contributed by atoms with E-state index in [0.29, 0.717) is 17.3 Å². The summed E-state index contributed by atoms with van der Waals surface area (Å²) in [5.41, 5.74) is 7.83. The molecule has 0 aliphatic carbocycles. The average Bonchev–Trinajstić information content (AvgIpc) is 2.30. The highest BCUT2D eigenvalue weighted by molar-refractivity contribution is 6.00. The van der Waals surface area contributed by atoms with Crippen LogP contribution in [0.5, 0.6) is 0 Å². The highest BCUT2D eigenvalue weighted by Gasteiger charge is 2.14. The van der Waals surface area contributed by atoms with Crippen LogP contribution >= 0.6 is 0 Å². The Bertz CT molecular complexity index is 429. The summed E-state index contributed by atoms with van der Waals surface area (Å²) in [5.74, 6) is -0.0894. The molecular weight excluding hydrogens is 238 g/mol. The topological polar surface area (TPSA) is 67.1 Å². The van der Waals surface area contributed by atoms with Gasteiger partial charge >= 0.3 is 0 Å². The van der Waals surface area contributed by atoms with Gasteiger partial charge in [0.2, 0.25) is 0 Å². The molecule has 0 spiro atoms. The maximum absolute atomic E-state index is 12.2. The number of anilines is 2. The average molecular weight is 263 g/mol. The number of nitrogens with one attached hydrogen (secondary N) is 2. The summed E-state index contributed by atoms with van der Waals surface area (Å²) in [6.07, 6.45) is 2.17. The van der Waals surface area contributed by atoms with Crippen molar-refractivity contribution in [2.45, 2.75) is 52.6 Å². The first kappa shape index (κ1) is 15.3. The molecule has 0 saturated carbocycles. The molecule has 0 aromatic heterocycles. The van der Waals surface area contributed by atoms with Crippen LogP contribution in [0.15, 0.2) is 18.2 Å². The second-order valence-corrected chi connectivity index (χ2v) is 5.27. The van der Waals surface area contributed by atoms with Gasteiger partial charge < -0.3 is 16.4 Å². The Kier molecular flexibility index (Phi) is 5.67. The van der Waals surface area contributed by atoms with Crippen LogP contribution in [-0.4, -0.2) is 18.0 Å². The monoisotopic (exact) mass is 263 g/mol. The van der Waals surface area contributed by atoms with Crippen LogP contribution in [0.3, 0.4) is 0 Å². The van der Waals surface area contributed by atoms with Gasteiger partial charge in [0.05, 0.1) is 5.56 Å². The van der Waals surface area contributed by atoms with Crippen molar-refractivity contribution in [2.24, 2.45) is 0 Å². The van der Waals surface area contributed by atoms with Crippen molar-refractivity contribution >= 4 is 17.3 Å². The fourth-order valence-electron chi connectivity index (χ4n) is 1.99. The predicted octanol–water partition coefficient (Wildman–Crippen LogP) is 3.01. The van der Waals surface area contributed by atoms with E-state index in [9.17, 15) is 4.79 Å². The number of rotatable bonds is 6. The number of carbonyl (C=O) groups is 1. The molecule has 0 aliphatic heterocycles. The third-order valence-electron chi connectivity index (χ3n) is 2.83. The van der Waals surface area contributed by atoms with Crippen LogP contribution in [0, 0.1) is 0 Å². The van der Waals surface area contributed by atoms with Crippen molar-refractivity contribution in [3.05, 3.63) is 23.8 Å². The van der Waals surface area contributed by atoms with Crippen molar-refractivity contribution in [2.75, 3.05) is 11.1 Å². The summed E-state index contributed by atoms with van der Waals surface area (Å²) in [7, 11) is 0. The summed E-state index contributed by atoms with van der Waals surface area (Å²) >= 11 is 0. The molecule has 1 aromatic carbocycles. The van der Waals surface area contributed by atoms with Crippen LogP contribution in [-0.2, 0) is 0 Å². The van der Waals surface area contributed by atoms with Crippen molar-refractivity contribution < 1.29 is 4.79 Å². The lowest BCUT2D eigenvalue weighted by Gasteiger charge is -2.18. The molecule has 106 valence electrons. The number of nitrogen functional groups attached to an aromatic ring is 1. The highest BCUT2D eigenvalue weighted by atomic mass is 16.1. The first-order chi connectivity index (χ1) is 8.93. The van der Waals surface area contributed by atoms with Gasteiger partial charge in [-0.1, -0.05) is 13.3 Å². The summed E-state index contributed by atoms with van der Waals surface area (Å²) in [6.45, 7) is 8.14. The van der Waals surface area contributed by atoms with E-state index >= 15 is 0 Å². The van der Waals surface area contributed by atoms with Gasteiger partial charge in [-0.3, -0.25) is 4.79 Å². The third-order valence-corrected chi connectivity index (χ3v) is 2.83. The van der Waals surface area contributed by atoms with Crippen LogP contribution in [0.25, 0.3) is 0 Å². The maximum atomic E-state index is 12.2. The Labute approximate surface area is 115 Å². The molecule has 0 bridgehead atoms. The second-order valence-electron chi connectivity index (χ2n) is 5.27. The summed E-state index contributed by atoms with van der Waals surface area (Å²) in [4.78, 5) is 12.2. The van der Waals surface area contributed by atoms with E-state index < -0.39 is 0 Å². The number of benzene rings is 1. The molecule has 0 saturated heterocycles. The van der Waals surface area contributed by atoms with E-state index in [1.165, 1.54) is 0 Å². The largest absolute Gasteiger partial charge is 0.399 e. The van der Waals surface area contributed by atoms with E-state index in [0.717, 1.165) is 18.5 Å². The number of hydrogen-bond acceptors (Lipinski definition) is 3. The second kappa shape index (κ2) is 7.02. The number of carbonyl (C=O) groups excluding carboxylic acids is 1. The van der Waals surface area contributed by atoms with Gasteiger partial charge in [0.1, 0.15) is 0 Å². The maximum Gasteiger partial charge on any atom is 0.253 e. The van der Waals surface area contributed by atoms with E-state index in [4.69, 9.17) is 5.73 Å². The Morgan fingerprint density at radius 1 is 1.32 bits per heavy atom. The molecule has 1 amide bonds. The minimum atomic E-state index is -0.0894. The summed E-state index contributed by atoms with van der Waals surface area (Å²) in [5, 5.41) is 6.27. The standard InChI is InChI=1S/C15H25N3O/c1-5-6-11(4)18-14-8-7-12(16)9-13(14)15(19)17-10(2)3/h7-11,18H,5-6,16H2,1-4H3,(H,17,19)/t11-/m0/s1. The predicted molar refractivity (Wildman–Crippen MR) is 81.4 cm³/mol. The van der Waals surface area contributed by atoms with Crippen LogP contribution in [0.2, 0.25) is 0 Å². The Balaban J connectivity index is 2.94. The van der Waals surface area contributed by atoms with Gasteiger partial charge in [-0.2, -0.15) is 0 Å². The Hall–Kier alpha value is -1.71. The molecule has 19 heavy (non-hydrogen) atoms. The summed E-state index contributed by atoms with van der Waals surface area (Å²) in [6, 6.07) is 5.84. The Morgan fingerprint density at radius 2 is 2.00 bits per heavy atom. The fourth-order valence-corrected chi connectivity index (χ4v) is 1.99. The smallest absolute Gasteiger partial charge is 0.253 e. The normalized spacial score (nSPS) is 12.3. The van der Waals surface area contributed by atoms with Crippen molar-refractivity contribution in [3.63, 3.8) is 0 Å². The van der Waals surface area contributed by atoms with E-state index in [2.05, 4.69) is 24.5 Å². The summed E-state index contributed by atoms with van der Waals surface area (Å²) < 4.78 is 0. The molecule has 0 aliphatic rings. The molecule has 0 fully saturated rings. The number of hydrogen-bond donors (Lipinski definition) is 3. The lowest BCUT2D eigenvalue weighted by Crippen LogP contribution is -2.31. The Morgan fingerprint density at radius 3 is 2.58 bits per heavy atom. The van der Waals surface area contributed by atoms with Crippen LogP contribution in [0.4, 0.5) is 11.4 Å². The lowest BCUT2D eigenvalue weighted by atomic mass is 10.1. The molecular formula is C15H25N3O. The van der Waals surface area contributed by atoms with Crippen molar-refractivity contribution in [3.8, 4) is 0 Å². The first-order valence-electron chi connectivity index (χ1n) is 6.91. The lowest BCUT2D eigenvalue weighted by molar-refractivity contribution is 0.0944. The SMILES string of the molecule is CCC[C@H](C)Nc1ccc(N)cc1C(=O)NC(C)C. The molecule has 1 atom stereocenters. The van der Waals surface area contributed by atoms with E-state index in [-0.39, 0.29) is 11.9 Å². The molecule has 4 nitrogen and oxygen atoms in total. The zero-order valence-corrected chi connectivity index (χ0v) is 12.3. The van der Waals surface area contributed by atoms with E-state index in [1.54, 1.807) is 6.07 Å². The molecule has 1 aromatic rings. The molecule has 0 heterocycles. The first-order valence-corrected chi connectivity index (χ1v) is 6.91. The third kappa shape index (κ3) is 4.81. The molecule has 0 unspecified atom stereocenters. The van der Waals surface area contributed by atoms with Crippen molar-refractivity contribution in [1.82, 2.24) is 5.32 Å². The molecule has 1 rings (SSSR count). The molecule has 4 heteroatoms. The van der Waals surface area contributed by atoms with Gasteiger partial charge in [0.25, 0.3) is 5.91 Å². The van der Waals surface area contributed by atoms with Gasteiger partial charge in [-0.25, -0.2) is 0 Å². The fraction of sp³-hybridized carbons (Fsp3) is 0.533. The zero-order valence-electron chi connectivity index (χ0n) is 12.3. The van der Waals surface area contributed by atoms with Gasteiger partial charge in [-0.15, -0.1) is 0 Å². The van der Waals surface area contributed by atoms with Crippen LogP contribution in [0.1, 0.15) is 50.9 Å². The minimum absolute atomic E-state index is 0.0894. The zero-order chi connectivity index (χ0) is 14.4.